The van der Waals surface area contributed by atoms with Crippen molar-refractivity contribution >= 4 is 33.1 Å². The van der Waals surface area contributed by atoms with E-state index in [4.69, 9.17) is 0 Å². The van der Waals surface area contributed by atoms with Gasteiger partial charge in [-0.05, 0) is 42.0 Å². The second kappa shape index (κ2) is 7.67. The van der Waals surface area contributed by atoms with Crippen molar-refractivity contribution in [3.8, 4) is 0 Å². The van der Waals surface area contributed by atoms with E-state index in [1.165, 1.54) is 10.4 Å². The number of hydrogen-bond donors (Lipinski definition) is 1. The molecule has 1 amide bonds. The molecule has 1 N–H and O–H groups in total. The number of thiophene rings is 1. The van der Waals surface area contributed by atoms with Crippen LogP contribution in [0.15, 0.2) is 45.6 Å². The summed E-state index contributed by atoms with van der Waals surface area (Å²) in [7, 11) is -3.61. The quantitative estimate of drug-likeness (QED) is 0.812. The van der Waals surface area contributed by atoms with Gasteiger partial charge in [-0.1, -0.05) is 31.9 Å². The molecule has 0 bridgehead atoms. The number of benzene rings is 1. The molecule has 1 aromatic carbocycles. The summed E-state index contributed by atoms with van der Waals surface area (Å²) in [5, 5.41) is 2.07. The standard InChI is InChI=1S/C20H23N3O3S2/c1-2-3-7-16(20(24)23-11-9-17-14(13-23)10-12-27-17)21-19-15-6-4-5-8-18(15)28(25,26)22-19/h4-6,8,10,12,16H,2-3,7,9,11,13H2,1H3,(H,21,22). The van der Waals surface area contributed by atoms with E-state index >= 15 is 0 Å². The van der Waals surface area contributed by atoms with Gasteiger partial charge in [-0.15, -0.1) is 11.3 Å². The van der Waals surface area contributed by atoms with Gasteiger partial charge in [0.05, 0.1) is 4.90 Å². The van der Waals surface area contributed by atoms with Crippen molar-refractivity contribution < 1.29 is 13.2 Å². The maximum absolute atomic E-state index is 13.2. The average Bonchev–Trinajstić information content (AvgIpc) is 3.26. The lowest BCUT2D eigenvalue weighted by Crippen LogP contribution is -2.42. The molecule has 3 heterocycles. The van der Waals surface area contributed by atoms with E-state index in [1.807, 2.05) is 4.90 Å². The molecule has 0 radical (unpaired) electrons. The number of aliphatic imine (C=N–C) groups is 1. The maximum Gasteiger partial charge on any atom is 0.263 e. The summed E-state index contributed by atoms with van der Waals surface area (Å²) in [6.07, 6.45) is 3.28. The highest BCUT2D eigenvalue weighted by Crippen LogP contribution is 2.26. The van der Waals surface area contributed by atoms with Crippen LogP contribution in [0.2, 0.25) is 0 Å². The van der Waals surface area contributed by atoms with Crippen LogP contribution in [0.4, 0.5) is 0 Å². The molecular weight excluding hydrogens is 394 g/mol. The van der Waals surface area contributed by atoms with Gasteiger partial charge >= 0.3 is 0 Å². The van der Waals surface area contributed by atoms with Crippen molar-refractivity contribution in [3.05, 3.63) is 51.7 Å². The molecule has 0 spiro atoms. The Balaban J connectivity index is 1.62. The van der Waals surface area contributed by atoms with Gasteiger partial charge in [0.15, 0.2) is 0 Å². The predicted molar refractivity (Wildman–Crippen MR) is 110 cm³/mol. The van der Waals surface area contributed by atoms with E-state index < -0.39 is 16.1 Å². The van der Waals surface area contributed by atoms with Crippen LogP contribution < -0.4 is 4.72 Å². The van der Waals surface area contributed by atoms with E-state index in [-0.39, 0.29) is 16.6 Å². The highest BCUT2D eigenvalue weighted by Gasteiger charge is 2.33. The van der Waals surface area contributed by atoms with Crippen LogP contribution in [0.25, 0.3) is 0 Å². The third-order valence-corrected chi connectivity index (χ3v) is 7.60. The molecule has 28 heavy (non-hydrogen) atoms. The lowest BCUT2D eigenvalue weighted by atomic mass is 10.1. The van der Waals surface area contributed by atoms with Gasteiger partial charge in [0, 0.05) is 23.5 Å². The molecule has 1 aromatic heterocycles. The zero-order chi connectivity index (χ0) is 19.7. The molecule has 2 aliphatic rings. The Bertz CT molecular complexity index is 1030. The predicted octanol–water partition coefficient (Wildman–Crippen LogP) is 2.93. The number of amides is 1. The van der Waals surface area contributed by atoms with E-state index in [0.29, 0.717) is 25.1 Å². The molecule has 2 aromatic rings. The molecule has 0 fully saturated rings. The molecule has 0 saturated heterocycles. The molecule has 1 atom stereocenters. The lowest BCUT2D eigenvalue weighted by molar-refractivity contribution is -0.133. The fourth-order valence-electron chi connectivity index (χ4n) is 3.67. The minimum atomic E-state index is -3.61. The summed E-state index contributed by atoms with van der Waals surface area (Å²) in [5.74, 6) is 0.250. The van der Waals surface area contributed by atoms with E-state index in [9.17, 15) is 13.2 Å². The number of fused-ring (bicyclic) bond motifs is 2. The van der Waals surface area contributed by atoms with Crippen LogP contribution in [0.1, 0.15) is 42.2 Å². The van der Waals surface area contributed by atoms with Crippen molar-refractivity contribution in [2.45, 2.75) is 50.1 Å². The monoisotopic (exact) mass is 417 g/mol. The van der Waals surface area contributed by atoms with Crippen molar-refractivity contribution in [2.75, 3.05) is 6.54 Å². The van der Waals surface area contributed by atoms with Crippen molar-refractivity contribution in [2.24, 2.45) is 4.99 Å². The minimum Gasteiger partial charge on any atom is -0.336 e. The van der Waals surface area contributed by atoms with Gasteiger partial charge in [-0.25, -0.2) is 8.42 Å². The summed E-state index contributed by atoms with van der Waals surface area (Å²) in [6.45, 7) is 3.36. The zero-order valence-corrected chi connectivity index (χ0v) is 17.4. The number of rotatable bonds is 5. The normalized spacial score (nSPS) is 19.8. The topological polar surface area (TPSA) is 78.8 Å². The second-order valence-electron chi connectivity index (χ2n) is 7.12. The summed E-state index contributed by atoms with van der Waals surface area (Å²) in [4.78, 5) is 21.3. The first kappa shape index (κ1) is 19.1. The van der Waals surface area contributed by atoms with Gasteiger partial charge in [0.25, 0.3) is 10.0 Å². The number of unbranched alkanes of at least 4 members (excludes halogenated alkanes) is 1. The van der Waals surface area contributed by atoms with Crippen LogP contribution in [-0.2, 0) is 27.8 Å². The Morgan fingerprint density at radius 1 is 1.32 bits per heavy atom. The number of sulfonamides is 1. The first-order chi connectivity index (χ1) is 13.5. The third-order valence-electron chi connectivity index (χ3n) is 5.18. The average molecular weight is 418 g/mol. The van der Waals surface area contributed by atoms with E-state index in [1.54, 1.807) is 35.6 Å². The first-order valence-corrected chi connectivity index (χ1v) is 11.9. The number of hydrogen-bond acceptors (Lipinski definition) is 5. The van der Waals surface area contributed by atoms with Gasteiger partial charge < -0.3 is 4.90 Å². The van der Waals surface area contributed by atoms with Crippen molar-refractivity contribution in [1.82, 2.24) is 9.62 Å². The molecule has 148 valence electrons. The number of nitrogens with one attached hydrogen (secondary N) is 1. The Kier molecular flexibility index (Phi) is 5.25. The van der Waals surface area contributed by atoms with Gasteiger partial charge in [-0.3, -0.25) is 14.5 Å². The summed E-state index contributed by atoms with van der Waals surface area (Å²) in [5.41, 5.74) is 1.74. The Hall–Kier alpha value is -2.19. The third kappa shape index (κ3) is 3.58. The smallest absolute Gasteiger partial charge is 0.263 e. The highest BCUT2D eigenvalue weighted by molar-refractivity contribution is 7.90. The number of carbonyl (C=O) groups is 1. The fourth-order valence-corrected chi connectivity index (χ4v) is 5.80. The molecule has 8 heteroatoms. The Morgan fingerprint density at radius 3 is 2.96 bits per heavy atom. The van der Waals surface area contributed by atoms with Crippen LogP contribution >= 0.6 is 11.3 Å². The molecular formula is C20H23N3O3S2. The van der Waals surface area contributed by atoms with Crippen LogP contribution in [0.5, 0.6) is 0 Å². The first-order valence-electron chi connectivity index (χ1n) is 9.53. The molecule has 0 saturated carbocycles. The number of carbonyl (C=O) groups excluding carboxylic acids is 1. The minimum absolute atomic E-state index is 0.0265. The molecule has 6 nitrogen and oxygen atoms in total. The maximum atomic E-state index is 13.2. The fraction of sp³-hybridized carbons (Fsp3) is 0.400. The van der Waals surface area contributed by atoms with Crippen molar-refractivity contribution in [3.63, 3.8) is 0 Å². The molecule has 0 aliphatic carbocycles. The molecule has 2 aliphatic heterocycles. The highest BCUT2D eigenvalue weighted by atomic mass is 32.2. The second-order valence-corrected chi connectivity index (χ2v) is 9.77. The van der Waals surface area contributed by atoms with E-state index in [0.717, 1.165) is 19.3 Å². The summed E-state index contributed by atoms with van der Waals surface area (Å²) >= 11 is 1.74. The van der Waals surface area contributed by atoms with Crippen LogP contribution in [0, 0.1) is 0 Å². The number of amidine groups is 1. The zero-order valence-electron chi connectivity index (χ0n) is 15.7. The summed E-state index contributed by atoms with van der Waals surface area (Å²) < 4.78 is 27.2. The summed E-state index contributed by atoms with van der Waals surface area (Å²) in [6, 6.07) is 8.25. The van der Waals surface area contributed by atoms with Crippen LogP contribution in [0.3, 0.4) is 0 Å². The largest absolute Gasteiger partial charge is 0.336 e. The molecule has 4 rings (SSSR count). The van der Waals surface area contributed by atoms with Gasteiger partial charge in [0.2, 0.25) is 5.91 Å². The number of nitrogens with zero attached hydrogens (tertiary/aromatic N) is 2. The molecule has 1 unspecified atom stereocenters. The Morgan fingerprint density at radius 2 is 2.14 bits per heavy atom. The lowest BCUT2D eigenvalue weighted by Gasteiger charge is -2.29. The van der Waals surface area contributed by atoms with E-state index in [2.05, 4.69) is 28.1 Å². The SMILES string of the molecule is CCCCC(N=C1NS(=O)(=O)c2ccccc21)C(=O)N1CCc2sccc2C1. The van der Waals surface area contributed by atoms with Crippen LogP contribution in [-0.4, -0.2) is 37.6 Å². The van der Waals surface area contributed by atoms with Gasteiger partial charge in [-0.2, -0.15) is 0 Å². The van der Waals surface area contributed by atoms with Gasteiger partial charge in [0.1, 0.15) is 11.9 Å². The Labute approximate surface area is 169 Å². The van der Waals surface area contributed by atoms with Crippen molar-refractivity contribution in [1.29, 1.82) is 0 Å².